The third-order valence-corrected chi connectivity index (χ3v) is 4.07. The molecule has 0 atom stereocenters. The van der Waals surface area contributed by atoms with Crippen LogP contribution in [-0.2, 0) is 4.79 Å². The molecule has 3 N–H and O–H groups in total. The Balaban J connectivity index is 2.04. The van der Waals surface area contributed by atoms with Crippen molar-refractivity contribution in [2.24, 2.45) is 0 Å². The quantitative estimate of drug-likeness (QED) is 0.491. The summed E-state index contributed by atoms with van der Waals surface area (Å²) in [5, 5.41) is 15.1. The van der Waals surface area contributed by atoms with Gasteiger partial charge >= 0.3 is 5.97 Å². The highest BCUT2D eigenvalue weighted by molar-refractivity contribution is 7.80. The number of carbonyl (C=O) groups is 2. The molecule has 0 aliphatic carbocycles. The molecule has 0 unspecified atom stereocenters. The second-order valence-corrected chi connectivity index (χ2v) is 6.41. The minimum absolute atomic E-state index is 0.0207. The first-order valence-electron chi connectivity index (χ1n) is 7.46. The molecule has 0 heterocycles. The molecular formula is C18H14Cl2N2O4S. The van der Waals surface area contributed by atoms with E-state index in [0.717, 1.165) is 0 Å². The van der Waals surface area contributed by atoms with Gasteiger partial charge in [-0.15, -0.1) is 0 Å². The summed E-state index contributed by atoms with van der Waals surface area (Å²) in [6.45, 7) is 0. The monoisotopic (exact) mass is 424 g/mol. The maximum Gasteiger partial charge on any atom is 0.335 e. The lowest BCUT2D eigenvalue weighted by Crippen LogP contribution is -2.33. The molecule has 0 aromatic heterocycles. The van der Waals surface area contributed by atoms with Gasteiger partial charge in [-0.3, -0.25) is 10.1 Å². The van der Waals surface area contributed by atoms with Gasteiger partial charge < -0.3 is 15.2 Å². The van der Waals surface area contributed by atoms with Gasteiger partial charge in [-0.1, -0.05) is 29.3 Å². The van der Waals surface area contributed by atoms with Crippen molar-refractivity contribution in [2.75, 3.05) is 12.4 Å². The highest BCUT2D eigenvalue weighted by Gasteiger charge is 2.11. The van der Waals surface area contributed by atoms with Gasteiger partial charge in [-0.2, -0.15) is 0 Å². The van der Waals surface area contributed by atoms with Crippen LogP contribution in [0.2, 0.25) is 10.0 Å². The number of nitrogens with one attached hydrogen (secondary N) is 2. The zero-order valence-corrected chi connectivity index (χ0v) is 16.3. The van der Waals surface area contributed by atoms with Crippen LogP contribution in [-0.4, -0.2) is 29.2 Å². The van der Waals surface area contributed by atoms with Gasteiger partial charge in [-0.25, -0.2) is 4.79 Å². The Kier molecular flexibility index (Phi) is 7.18. The van der Waals surface area contributed by atoms with Gasteiger partial charge in [-0.05, 0) is 54.2 Å². The lowest BCUT2D eigenvalue weighted by atomic mass is 10.2. The summed E-state index contributed by atoms with van der Waals surface area (Å²) < 4.78 is 5.15. The fourth-order valence-corrected chi connectivity index (χ4v) is 2.73. The SMILES string of the molecule is COc1ccc(C(=O)O)cc1NC(=S)NC(=O)/C=C/c1ccc(Cl)cc1Cl. The molecule has 1 amide bonds. The molecule has 0 radical (unpaired) electrons. The van der Waals surface area contributed by atoms with Gasteiger partial charge in [0.25, 0.3) is 0 Å². The van der Waals surface area contributed by atoms with Crippen LogP contribution in [0.4, 0.5) is 5.69 Å². The Labute approximate surface area is 170 Å². The molecule has 2 rings (SSSR count). The number of carboxylic acid groups (broad SMARTS) is 1. The maximum absolute atomic E-state index is 12.0. The van der Waals surface area contributed by atoms with Crippen molar-refractivity contribution in [3.05, 3.63) is 63.6 Å². The van der Waals surface area contributed by atoms with E-state index in [9.17, 15) is 9.59 Å². The molecule has 140 valence electrons. The summed E-state index contributed by atoms with van der Waals surface area (Å²) in [5.41, 5.74) is 0.975. The molecule has 0 saturated heterocycles. The fourth-order valence-electron chi connectivity index (χ4n) is 2.05. The smallest absolute Gasteiger partial charge is 0.335 e. The van der Waals surface area contributed by atoms with Crippen LogP contribution in [0.5, 0.6) is 5.75 Å². The van der Waals surface area contributed by atoms with Crippen LogP contribution >= 0.6 is 35.4 Å². The zero-order valence-electron chi connectivity index (χ0n) is 14.0. The van der Waals surface area contributed by atoms with Crippen molar-refractivity contribution in [3.8, 4) is 5.75 Å². The number of thiocarbonyl (C=S) groups is 1. The second kappa shape index (κ2) is 9.36. The minimum Gasteiger partial charge on any atom is -0.495 e. The van der Waals surface area contributed by atoms with Crippen molar-refractivity contribution >= 4 is 64.2 Å². The van der Waals surface area contributed by atoms with E-state index in [0.29, 0.717) is 27.0 Å². The highest BCUT2D eigenvalue weighted by Crippen LogP contribution is 2.25. The van der Waals surface area contributed by atoms with E-state index in [2.05, 4.69) is 10.6 Å². The minimum atomic E-state index is -1.10. The molecule has 6 nitrogen and oxygen atoms in total. The normalized spacial score (nSPS) is 10.5. The Morgan fingerprint density at radius 2 is 1.93 bits per heavy atom. The van der Waals surface area contributed by atoms with E-state index >= 15 is 0 Å². The van der Waals surface area contributed by atoms with E-state index < -0.39 is 11.9 Å². The Hall–Kier alpha value is -2.61. The van der Waals surface area contributed by atoms with Crippen molar-refractivity contribution in [3.63, 3.8) is 0 Å². The Morgan fingerprint density at radius 3 is 2.56 bits per heavy atom. The van der Waals surface area contributed by atoms with E-state index in [4.69, 9.17) is 45.3 Å². The summed E-state index contributed by atoms with van der Waals surface area (Å²) in [5.74, 6) is -1.22. The highest BCUT2D eigenvalue weighted by atomic mass is 35.5. The molecule has 0 aliphatic heterocycles. The lowest BCUT2D eigenvalue weighted by Gasteiger charge is -2.12. The van der Waals surface area contributed by atoms with E-state index in [1.54, 1.807) is 18.2 Å². The van der Waals surface area contributed by atoms with Crippen molar-refractivity contribution < 1.29 is 19.4 Å². The van der Waals surface area contributed by atoms with Crippen molar-refractivity contribution in [2.45, 2.75) is 0 Å². The lowest BCUT2D eigenvalue weighted by molar-refractivity contribution is -0.115. The average molecular weight is 425 g/mol. The van der Waals surface area contributed by atoms with Gasteiger partial charge in [0.2, 0.25) is 5.91 Å². The number of hydrogen-bond acceptors (Lipinski definition) is 4. The number of methoxy groups -OCH3 is 1. The van der Waals surface area contributed by atoms with Crippen LogP contribution in [0, 0.1) is 0 Å². The molecular weight excluding hydrogens is 411 g/mol. The first-order valence-corrected chi connectivity index (χ1v) is 8.63. The molecule has 0 fully saturated rings. The first-order chi connectivity index (χ1) is 12.8. The number of aromatic carboxylic acids is 1. The number of ether oxygens (including phenoxy) is 1. The number of benzene rings is 2. The number of rotatable bonds is 5. The number of carbonyl (C=O) groups excluding carboxylic acids is 1. The van der Waals surface area contributed by atoms with E-state index in [-0.39, 0.29) is 10.7 Å². The van der Waals surface area contributed by atoms with Crippen LogP contribution in [0.15, 0.2) is 42.5 Å². The molecule has 0 saturated carbocycles. The predicted molar refractivity (Wildman–Crippen MR) is 110 cm³/mol. The largest absolute Gasteiger partial charge is 0.495 e. The van der Waals surface area contributed by atoms with Crippen LogP contribution in [0.3, 0.4) is 0 Å². The third-order valence-electron chi connectivity index (χ3n) is 3.31. The first kappa shape index (κ1) is 20.7. The zero-order chi connectivity index (χ0) is 20.0. The fraction of sp³-hybridized carbons (Fsp3) is 0.0556. The number of anilines is 1. The van der Waals surface area contributed by atoms with Crippen LogP contribution in [0.1, 0.15) is 15.9 Å². The van der Waals surface area contributed by atoms with Gasteiger partial charge in [0, 0.05) is 16.1 Å². The molecule has 2 aromatic rings. The Bertz CT molecular complexity index is 932. The average Bonchev–Trinajstić information content (AvgIpc) is 2.60. The van der Waals surface area contributed by atoms with Gasteiger partial charge in [0.1, 0.15) is 5.75 Å². The summed E-state index contributed by atoms with van der Waals surface area (Å²) in [7, 11) is 1.43. The standard InChI is InChI=1S/C18H14Cl2N2O4S/c1-26-15-6-3-11(17(24)25)8-14(15)21-18(27)22-16(23)7-4-10-2-5-12(19)9-13(10)20/h2-9H,1H3,(H,24,25)(H2,21,22,23,27)/b7-4+. The number of carboxylic acids is 1. The van der Waals surface area contributed by atoms with E-state index in [1.165, 1.54) is 37.5 Å². The second-order valence-electron chi connectivity index (χ2n) is 5.16. The van der Waals surface area contributed by atoms with E-state index in [1.807, 2.05) is 0 Å². The van der Waals surface area contributed by atoms with Crippen molar-refractivity contribution in [1.29, 1.82) is 0 Å². The third kappa shape index (κ3) is 5.96. The van der Waals surface area contributed by atoms with Crippen LogP contribution in [0.25, 0.3) is 6.08 Å². The maximum atomic E-state index is 12.0. The number of hydrogen-bond donors (Lipinski definition) is 3. The topological polar surface area (TPSA) is 87.7 Å². The summed E-state index contributed by atoms with van der Waals surface area (Å²) >= 11 is 16.9. The van der Waals surface area contributed by atoms with Crippen molar-refractivity contribution in [1.82, 2.24) is 5.32 Å². The number of amides is 1. The summed E-state index contributed by atoms with van der Waals surface area (Å²) in [6, 6.07) is 9.12. The molecule has 0 spiro atoms. The van der Waals surface area contributed by atoms with Gasteiger partial charge in [0.05, 0.1) is 18.4 Å². The summed E-state index contributed by atoms with van der Waals surface area (Å²) in [6.07, 6.45) is 2.77. The molecule has 9 heteroatoms. The Morgan fingerprint density at radius 1 is 1.19 bits per heavy atom. The van der Waals surface area contributed by atoms with Crippen LogP contribution < -0.4 is 15.4 Å². The molecule has 0 aliphatic rings. The molecule has 27 heavy (non-hydrogen) atoms. The predicted octanol–water partition coefficient (Wildman–Crippen LogP) is 4.23. The number of halogens is 2. The summed E-state index contributed by atoms with van der Waals surface area (Å²) in [4.78, 5) is 23.1. The van der Waals surface area contributed by atoms with Gasteiger partial charge in [0.15, 0.2) is 5.11 Å². The molecule has 0 bridgehead atoms. The molecule has 2 aromatic carbocycles.